The Morgan fingerprint density at radius 2 is 1.81 bits per heavy atom. The molecule has 2 aromatic carbocycles. The number of aromatic nitrogens is 2. The lowest BCUT2D eigenvalue weighted by molar-refractivity contribution is -0.117. The Hall–Kier alpha value is -2.95. The van der Waals surface area contributed by atoms with Gasteiger partial charge < -0.3 is 9.42 Å². The number of aryl methyl sites for hydroxylation is 1. The molecule has 1 aliphatic heterocycles. The van der Waals surface area contributed by atoms with Crippen LogP contribution in [0.5, 0.6) is 0 Å². The zero-order valence-corrected chi connectivity index (χ0v) is 18.5. The van der Waals surface area contributed by atoms with Crippen LogP contribution in [0.2, 0.25) is 0 Å². The van der Waals surface area contributed by atoms with Gasteiger partial charge in [0.25, 0.3) is 5.89 Å². The van der Waals surface area contributed by atoms with Crippen molar-refractivity contribution >= 4 is 11.6 Å². The summed E-state index contributed by atoms with van der Waals surface area (Å²) in [5, 5.41) is 4.23. The number of benzene rings is 2. The monoisotopic (exact) mass is 415 g/mol. The van der Waals surface area contributed by atoms with E-state index in [0.29, 0.717) is 24.7 Å². The lowest BCUT2D eigenvalue weighted by atomic mass is 9.87. The van der Waals surface area contributed by atoms with Crippen LogP contribution >= 0.6 is 0 Å². The van der Waals surface area contributed by atoms with Crippen LogP contribution in [0.15, 0.2) is 47.0 Å². The van der Waals surface area contributed by atoms with Crippen molar-refractivity contribution < 1.29 is 9.32 Å². The van der Waals surface area contributed by atoms with Crippen molar-refractivity contribution in [2.45, 2.75) is 64.2 Å². The molecule has 0 spiro atoms. The number of rotatable bonds is 3. The standard InChI is InChI=1S/C26H29N3O2/c1-26(2,3)20-13-11-18(12-14-20)25-27-24(28-31-25)19-15-23(30)29(16-19)22-10-6-8-17-7-4-5-9-21(17)22/h6,8,10-14,19H,4-5,7,9,15-16H2,1-3H3. The van der Waals surface area contributed by atoms with Gasteiger partial charge in [-0.2, -0.15) is 4.98 Å². The molecule has 31 heavy (non-hydrogen) atoms. The fraction of sp³-hybridized carbons (Fsp3) is 0.423. The Balaban J connectivity index is 1.36. The molecule has 2 aliphatic rings. The van der Waals surface area contributed by atoms with E-state index in [9.17, 15) is 4.79 Å². The molecule has 5 nitrogen and oxygen atoms in total. The molecule has 1 amide bonds. The van der Waals surface area contributed by atoms with E-state index < -0.39 is 0 Å². The largest absolute Gasteiger partial charge is 0.334 e. The SMILES string of the molecule is CC(C)(C)c1ccc(-c2nc(C3CC(=O)N(c4cccc5c4CCCC5)C3)no2)cc1. The van der Waals surface area contributed by atoms with Crippen LogP contribution in [-0.4, -0.2) is 22.6 Å². The molecule has 0 saturated carbocycles. The Labute approximate surface area is 183 Å². The van der Waals surface area contributed by atoms with E-state index >= 15 is 0 Å². The van der Waals surface area contributed by atoms with Crippen LogP contribution in [0, 0.1) is 0 Å². The van der Waals surface area contributed by atoms with Crippen LogP contribution in [0.4, 0.5) is 5.69 Å². The molecular weight excluding hydrogens is 386 g/mol. The zero-order chi connectivity index (χ0) is 21.6. The lowest BCUT2D eigenvalue weighted by Crippen LogP contribution is -2.26. The maximum atomic E-state index is 12.9. The number of nitrogens with zero attached hydrogens (tertiary/aromatic N) is 3. The molecule has 1 saturated heterocycles. The highest BCUT2D eigenvalue weighted by molar-refractivity contribution is 5.97. The summed E-state index contributed by atoms with van der Waals surface area (Å²) in [6, 6.07) is 14.6. The fourth-order valence-corrected chi connectivity index (χ4v) is 4.76. The summed E-state index contributed by atoms with van der Waals surface area (Å²) in [5.41, 5.74) is 6.08. The van der Waals surface area contributed by atoms with E-state index in [1.807, 2.05) is 17.0 Å². The van der Waals surface area contributed by atoms with Crippen molar-refractivity contribution in [1.29, 1.82) is 0 Å². The number of amides is 1. The summed E-state index contributed by atoms with van der Waals surface area (Å²) in [6.45, 7) is 7.19. The molecule has 1 aromatic heterocycles. The summed E-state index contributed by atoms with van der Waals surface area (Å²) in [5.74, 6) is 1.23. The maximum absolute atomic E-state index is 12.9. The average molecular weight is 416 g/mol. The van der Waals surface area contributed by atoms with Gasteiger partial charge >= 0.3 is 0 Å². The predicted octanol–water partition coefficient (Wildman–Crippen LogP) is 5.43. The molecule has 5 rings (SSSR count). The van der Waals surface area contributed by atoms with E-state index in [4.69, 9.17) is 4.52 Å². The van der Waals surface area contributed by atoms with Crippen molar-refractivity contribution in [2.24, 2.45) is 0 Å². The third-order valence-electron chi connectivity index (χ3n) is 6.59. The second-order valence-corrected chi connectivity index (χ2v) is 9.81. The second kappa shape index (κ2) is 7.63. The molecule has 2 heterocycles. The molecule has 0 bridgehead atoms. The third-order valence-corrected chi connectivity index (χ3v) is 6.59. The summed E-state index contributed by atoms with van der Waals surface area (Å²) in [7, 11) is 0. The molecule has 5 heteroatoms. The van der Waals surface area contributed by atoms with Crippen LogP contribution in [0.1, 0.15) is 68.5 Å². The minimum atomic E-state index is -0.0432. The topological polar surface area (TPSA) is 59.2 Å². The highest BCUT2D eigenvalue weighted by Gasteiger charge is 2.36. The number of anilines is 1. The van der Waals surface area contributed by atoms with Gasteiger partial charge in [0, 0.05) is 30.1 Å². The van der Waals surface area contributed by atoms with Crippen molar-refractivity contribution in [3.05, 3.63) is 65.0 Å². The molecular formula is C26H29N3O2. The molecule has 3 aromatic rings. The second-order valence-electron chi connectivity index (χ2n) is 9.81. The van der Waals surface area contributed by atoms with Gasteiger partial charge in [0.15, 0.2) is 5.82 Å². The summed E-state index contributed by atoms with van der Waals surface area (Å²) >= 11 is 0. The number of hydrogen-bond acceptors (Lipinski definition) is 4. The number of carbonyl (C=O) groups is 1. The van der Waals surface area contributed by atoms with Gasteiger partial charge in [0.05, 0.1) is 0 Å². The van der Waals surface area contributed by atoms with Gasteiger partial charge in [-0.3, -0.25) is 4.79 Å². The molecule has 1 aliphatic carbocycles. The Bertz CT molecular complexity index is 1110. The molecule has 1 fully saturated rings. The predicted molar refractivity (Wildman–Crippen MR) is 121 cm³/mol. The van der Waals surface area contributed by atoms with Crippen LogP contribution in [0.25, 0.3) is 11.5 Å². The van der Waals surface area contributed by atoms with Gasteiger partial charge in [-0.05, 0) is 66.0 Å². The van der Waals surface area contributed by atoms with Crippen molar-refractivity contribution in [3.63, 3.8) is 0 Å². The Kier molecular flexibility index (Phi) is 4.92. The summed E-state index contributed by atoms with van der Waals surface area (Å²) in [4.78, 5) is 19.5. The molecule has 0 radical (unpaired) electrons. The van der Waals surface area contributed by atoms with E-state index in [-0.39, 0.29) is 17.2 Å². The Morgan fingerprint density at radius 1 is 1.03 bits per heavy atom. The van der Waals surface area contributed by atoms with Crippen LogP contribution in [0.3, 0.4) is 0 Å². The van der Waals surface area contributed by atoms with Gasteiger partial charge in [0.2, 0.25) is 5.91 Å². The van der Waals surface area contributed by atoms with Crippen LogP contribution in [-0.2, 0) is 23.1 Å². The number of carbonyl (C=O) groups excluding carboxylic acids is 1. The normalized spacial score (nSPS) is 19.0. The van der Waals surface area contributed by atoms with E-state index in [2.05, 4.69) is 61.2 Å². The minimum absolute atomic E-state index is 0.0432. The van der Waals surface area contributed by atoms with E-state index in [1.165, 1.54) is 29.5 Å². The lowest BCUT2D eigenvalue weighted by Gasteiger charge is -2.25. The van der Waals surface area contributed by atoms with Crippen molar-refractivity contribution in [1.82, 2.24) is 10.1 Å². The first-order valence-electron chi connectivity index (χ1n) is 11.3. The van der Waals surface area contributed by atoms with Gasteiger partial charge in [-0.1, -0.05) is 50.2 Å². The highest BCUT2D eigenvalue weighted by Crippen LogP contribution is 2.36. The molecule has 160 valence electrons. The average Bonchev–Trinajstić information content (AvgIpc) is 3.40. The Morgan fingerprint density at radius 3 is 2.58 bits per heavy atom. The molecule has 1 atom stereocenters. The first-order chi connectivity index (χ1) is 14.9. The van der Waals surface area contributed by atoms with E-state index in [0.717, 1.165) is 24.1 Å². The van der Waals surface area contributed by atoms with E-state index in [1.54, 1.807) is 0 Å². The van der Waals surface area contributed by atoms with Gasteiger partial charge in [-0.25, -0.2) is 0 Å². The number of hydrogen-bond donors (Lipinski definition) is 0. The maximum Gasteiger partial charge on any atom is 0.257 e. The summed E-state index contributed by atoms with van der Waals surface area (Å²) < 4.78 is 5.56. The van der Waals surface area contributed by atoms with Crippen LogP contribution < -0.4 is 4.90 Å². The summed E-state index contributed by atoms with van der Waals surface area (Å²) in [6.07, 6.45) is 5.01. The van der Waals surface area contributed by atoms with Crippen molar-refractivity contribution in [2.75, 3.05) is 11.4 Å². The van der Waals surface area contributed by atoms with Crippen molar-refractivity contribution in [3.8, 4) is 11.5 Å². The third kappa shape index (κ3) is 3.78. The highest BCUT2D eigenvalue weighted by atomic mass is 16.5. The molecule has 1 unspecified atom stereocenters. The fourth-order valence-electron chi connectivity index (χ4n) is 4.76. The zero-order valence-electron chi connectivity index (χ0n) is 18.5. The first-order valence-corrected chi connectivity index (χ1v) is 11.3. The number of fused-ring (bicyclic) bond motifs is 1. The van der Waals surface area contributed by atoms with Gasteiger partial charge in [0.1, 0.15) is 0 Å². The van der Waals surface area contributed by atoms with Gasteiger partial charge in [-0.15, -0.1) is 0 Å². The first kappa shape index (κ1) is 20.0. The molecule has 0 N–H and O–H groups in total. The minimum Gasteiger partial charge on any atom is -0.334 e. The smallest absolute Gasteiger partial charge is 0.257 e. The quantitative estimate of drug-likeness (QED) is 0.572.